The molecule has 3 heteroatoms. The van der Waals surface area contributed by atoms with Gasteiger partial charge in [-0.3, -0.25) is 4.57 Å². The average molecular weight is 786 g/mol. The first-order valence-electron chi connectivity index (χ1n) is 21.4. The highest BCUT2D eigenvalue weighted by Gasteiger charge is 2.52. The van der Waals surface area contributed by atoms with Crippen molar-refractivity contribution >= 4 is 54.1 Å². The summed E-state index contributed by atoms with van der Waals surface area (Å²) in [5, 5.41) is 9.91. The van der Waals surface area contributed by atoms with E-state index < -0.39 is 5.41 Å². The lowest BCUT2D eigenvalue weighted by molar-refractivity contribution is 0.794. The summed E-state index contributed by atoms with van der Waals surface area (Å²) >= 11 is 0. The smallest absolute Gasteiger partial charge is 0.234 e. The van der Waals surface area contributed by atoms with Crippen LogP contribution in [0.2, 0.25) is 0 Å². The molecule has 0 N–H and O–H groups in total. The zero-order chi connectivity index (χ0) is 40.5. The Hall–Kier alpha value is -8.14. The molecule has 0 aliphatic heterocycles. The van der Waals surface area contributed by atoms with Gasteiger partial charge in [-0.1, -0.05) is 170 Å². The van der Waals surface area contributed by atoms with Gasteiger partial charge in [0.25, 0.3) is 0 Å². The van der Waals surface area contributed by atoms with Crippen LogP contribution in [0.4, 0.5) is 0 Å². The fourth-order valence-electron chi connectivity index (χ4n) is 11.5. The van der Waals surface area contributed by atoms with E-state index in [2.05, 4.69) is 199 Å². The van der Waals surface area contributed by atoms with E-state index in [4.69, 9.17) is 9.97 Å². The summed E-state index contributed by atoms with van der Waals surface area (Å²) < 4.78 is 2.25. The monoisotopic (exact) mass is 785 g/mol. The maximum absolute atomic E-state index is 4.80. The summed E-state index contributed by atoms with van der Waals surface area (Å²) in [7, 11) is 0. The summed E-state index contributed by atoms with van der Waals surface area (Å²) in [5.41, 5.74) is 17.0. The summed E-state index contributed by atoms with van der Waals surface area (Å²) in [6.07, 6.45) is 3.67. The van der Waals surface area contributed by atoms with Gasteiger partial charge in [-0.05, 0) is 129 Å². The zero-order valence-corrected chi connectivity index (χ0v) is 33.5. The molecule has 2 aliphatic rings. The normalized spacial score (nSPS) is 14.8. The number of para-hydroxylation sites is 1. The molecule has 12 aromatic rings. The van der Waals surface area contributed by atoms with Gasteiger partial charge in [0.15, 0.2) is 0 Å². The predicted molar refractivity (Wildman–Crippen MR) is 256 cm³/mol. The minimum absolute atomic E-state index is 0.560. The molecular formula is C59H35N3. The van der Waals surface area contributed by atoms with Crippen LogP contribution in [0.3, 0.4) is 0 Å². The maximum atomic E-state index is 4.80. The molecular weight excluding hydrogens is 751 g/mol. The molecule has 2 aliphatic carbocycles. The van der Waals surface area contributed by atoms with Crippen LogP contribution >= 0.6 is 0 Å². The second-order valence-electron chi connectivity index (χ2n) is 16.8. The van der Waals surface area contributed by atoms with Crippen LogP contribution in [0, 0.1) is 0 Å². The van der Waals surface area contributed by atoms with Gasteiger partial charge < -0.3 is 0 Å². The van der Waals surface area contributed by atoms with Crippen molar-refractivity contribution in [3.8, 4) is 50.5 Å². The largest absolute Gasteiger partial charge is 0.278 e. The highest BCUT2D eigenvalue weighted by atomic mass is 15.1. The fourth-order valence-corrected chi connectivity index (χ4v) is 11.5. The Balaban J connectivity index is 1.09. The summed E-state index contributed by atoms with van der Waals surface area (Å²) in [6.45, 7) is 0. The second-order valence-corrected chi connectivity index (χ2v) is 16.8. The minimum atomic E-state index is -0.560. The van der Waals surface area contributed by atoms with Gasteiger partial charge in [-0.2, -0.15) is 0 Å². The van der Waals surface area contributed by atoms with Crippen LogP contribution in [0.25, 0.3) is 105 Å². The topological polar surface area (TPSA) is 30.7 Å². The molecule has 0 saturated carbocycles. The van der Waals surface area contributed by atoms with Crippen LogP contribution in [0.1, 0.15) is 22.3 Å². The Bertz CT molecular complexity index is 3820. The number of nitrogens with zero attached hydrogens (tertiary/aromatic N) is 3. The van der Waals surface area contributed by atoms with Crippen molar-refractivity contribution in [2.75, 3.05) is 0 Å². The third-order valence-electron chi connectivity index (χ3n) is 13.9. The standard InChI is InChI=1S/C59H35N3/c1-2-17-38-36(15-1)16-13-25-43(38)57-46-23-5-3-21-44(46)56(45-22-4-6-24-47(45)57)37-29-30-41-39-18-7-10-26-50(39)59(52(41)33-37)51-27-11-8-19-40(51)48-34-49-42-20-9-12-28-54(42)62(55(49)35-53(48)59)58-60-31-14-32-61-58/h1-35H. The Morgan fingerprint density at radius 2 is 0.855 bits per heavy atom. The number of hydrogen-bond acceptors (Lipinski definition) is 2. The van der Waals surface area contributed by atoms with Crippen LogP contribution in [0.5, 0.6) is 0 Å². The van der Waals surface area contributed by atoms with E-state index in [-0.39, 0.29) is 0 Å². The lowest BCUT2D eigenvalue weighted by Crippen LogP contribution is -2.26. The number of benzene rings is 10. The summed E-state index contributed by atoms with van der Waals surface area (Å²) in [5.74, 6) is 0.670. The van der Waals surface area contributed by atoms with Crippen LogP contribution < -0.4 is 0 Å². The SMILES string of the molecule is c1cnc(-n2c3ccccc3c3cc4c(cc32)C2(c3ccccc3-c3ccc(-c5c6ccccc6c(-c6cccc7ccccc67)c6ccccc56)cc32)c2ccccc2-4)nc1. The second kappa shape index (κ2) is 12.4. The number of fused-ring (bicyclic) bond motifs is 16. The van der Waals surface area contributed by atoms with Crippen molar-refractivity contribution in [2.24, 2.45) is 0 Å². The van der Waals surface area contributed by atoms with E-state index in [0.717, 1.165) is 11.0 Å². The van der Waals surface area contributed by atoms with E-state index in [9.17, 15) is 0 Å². The van der Waals surface area contributed by atoms with Crippen molar-refractivity contribution in [1.82, 2.24) is 14.5 Å². The molecule has 2 heterocycles. The van der Waals surface area contributed by atoms with Gasteiger partial charge in [0.2, 0.25) is 5.95 Å². The highest BCUT2D eigenvalue weighted by Crippen LogP contribution is 2.64. The molecule has 1 spiro atoms. The van der Waals surface area contributed by atoms with Gasteiger partial charge in [0.1, 0.15) is 0 Å². The zero-order valence-electron chi connectivity index (χ0n) is 33.5. The highest BCUT2D eigenvalue weighted by molar-refractivity contribution is 6.24. The lowest BCUT2D eigenvalue weighted by atomic mass is 9.70. The molecule has 286 valence electrons. The molecule has 0 saturated heterocycles. The van der Waals surface area contributed by atoms with Crippen LogP contribution in [0.15, 0.2) is 213 Å². The molecule has 3 nitrogen and oxygen atoms in total. The Morgan fingerprint density at radius 1 is 0.323 bits per heavy atom. The number of hydrogen-bond donors (Lipinski definition) is 0. The average Bonchev–Trinajstić information content (AvgIpc) is 3.93. The first-order valence-corrected chi connectivity index (χ1v) is 21.4. The molecule has 0 amide bonds. The molecule has 10 aromatic carbocycles. The number of rotatable bonds is 3. The van der Waals surface area contributed by atoms with Crippen molar-refractivity contribution in [3.05, 3.63) is 235 Å². The van der Waals surface area contributed by atoms with E-state index in [0.29, 0.717) is 5.95 Å². The van der Waals surface area contributed by atoms with Gasteiger partial charge in [0, 0.05) is 23.2 Å². The Labute approximate surface area is 357 Å². The fraction of sp³-hybridized carbons (Fsp3) is 0.0169. The van der Waals surface area contributed by atoms with Crippen molar-refractivity contribution < 1.29 is 0 Å². The van der Waals surface area contributed by atoms with E-state index in [1.54, 1.807) is 0 Å². The summed E-state index contributed by atoms with van der Waals surface area (Å²) in [4.78, 5) is 9.60. The summed E-state index contributed by atoms with van der Waals surface area (Å²) in [6, 6.07) is 74.5. The molecule has 14 rings (SSSR count). The molecule has 62 heavy (non-hydrogen) atoms. The first-order chi connectivity index (χ1) is 30.8. The lowest BCUT2D eigenvalue weighted by Gasteiger charge is -2.31. The number of aromatic nitrogens is 3. The molecule has 2 aromatic heterocycles. The van der Waals surface area contributed by atoms with E-state index in [1.165, 1.54) is 110 Å². The third kappa shape index (κ3) is 4.29. The van der Waals surface area contributed by atoms with Gasteiger partial charge >= 0.3 is 0 Å². The van der Waals surface area contributed by atoms with Gasteiger partial charge in [-0.25, -0.2) is 9.97 Å². The van der Waals surface area contributed by atoms with Crippen LogP contribution in [-0.2, 0) is 5.41 Å². The van der Waals surface area contributed by atoms with E-state index >= 15 is 0 Å². The Kier molecular flexibility index (Phi) is 6.76. The molecule has 0 bridgehead atoms. The van der Waals surface area contributed by atoms with Crippen molar-refractivity contribution in [2.45, 2.75) is 5.41 Å². The first kappa shape index (κ1) is 33.7. The molecule has 0 fully saturated rings. The van der Waals surface area contributed by atoms with Crippen LogP contribution in [-0.4, -0.2) is 14.5 Å². The molecule has 1 atom stereocenters. The van der Waals surface area contributed by atoms with E-state index in [1.807, 2.05) is 18.5 Å². The molecule has 1 unspecified atom stereocenters. The molecule has 0 radical (unpaired) electrons. The van der Waals surface area contributed by atoms with Crippen molar-refractivity contribution in [1.29, 1.82) is 0 Å². The quantitative estimate of drug-likeness (QED) is 0.167. The predicted octanol–water partition coefficient (Wildman–Crippen LogP) is 14.7. The Morgan fingerprint density at radius 3 is 1.58 bits per heavy atom. The van der Waals surface area contributed by atoms with Gasteiger partial charge in [-0.15, -0.1) is 0 Å². The minimum Gasteiger partial charge on any atom is -0.278 e. The van der Waals surface area contributed by atoms with Crippen molar-refractivity contribution in [3.63, 3.8) is 0 Å². The third-order valence-corrected chi connectivity index (χ3v) is 13.9. The van der Waals surface area contributed by atoms with Gasteiger partial charge in [0.05, 0.1) is 16.4 Å². The maximum Gasteiger partial charge on any atom is 0.234 e.